The number of rotatable bonds is 4. The molecule has 9 heteroatoms. The molecule has 0 atom stereocenters. The number of hydrogen-bond acceptors (Lipinski definition) is 8. The largest absolute Gasteiger partial charge is 0.356 e. The standard InChI is InChI=1S/C17H21N7S2/c1-4-24-11(3)14(10(2)23-24)15-20-12(8-25-15)13-9-26-17(21-13)22-16-18-6-5-7-19-16/h8-9H,4-7H2,1-3H3,(H2,18,19,21,22). The lowest BCUT2D eigenvalue weighted by Gasteiger charge is -2.13. The topological polar surface area (TPSA) is 80.0 Å². The Morgan fingerprint density at radius 1 is 1.19 bits per heavy atom. The molecule has 0 spiro atoms. The average molecular weight is 388 g/mol. The molecule has 0 saturated carbocycles. The number of hydrogen-bond donors (Lipinski definition) is 2. The van der Waals surface area contributed by atoms with Gasteiger partial charge < -0.3 is 10.6 Å². The first-order valence-electron chi connectivity index (χ1n) is 8.67. The second-order valence-corrected chi connectivity index (χ2v) is 7.79. The predicted octanol–water partition coefficient (Wildman–Crippen LogP) is 3.53. The normalized spacial score (nSPS) is 14.2. The zero-order valence-electron chi connectivity index (χ0n) is 15.0. The van der Waals surface area contributed by atoms with Crippen LogP contribution < -0.4 is 10.6 Å². The molecule has 0 aliphatic carbocycles. The molecule has 0 fully saturated rings. The Kier molecular flexibility index (Phi) is 4.73. The van der Waals surface area contributed by atoms with Crippen LogP contribution in [0.15, 0.2) is 15.8 Å². The number of nitrogens with one attached hydrogen (secondary N) is 2. The van der Waals surface area contributed by atoms with Crippen LogP contribution in [0.4, 0.5) is 5.13 Å². The summed E-state index contributed by atoms with van der Waals surface area (Å²) in [6.07, 6.45) is 1.07. The third-order valence-electron chi connectivity index (χ3n) is 4.29. The van der Waals surface area contributed by atoms with Crippen LogP contribution >= 0.6 is 22.7 Å². The van der Waals surface area contributed by atoms with E-state index in [9.17, 15) is 0 Å². The van der Waals surface area contributed by atoms with Crippen molar-refractivity contribution in [3.8, 4) is 22.0 Å². The minimum atomic E-state index is 0.800. The van der Waals surface area contributed by atoms with Gasteiger partial charge in [0.05, 0.1) is 11.3 Å². The lowest BCUT2D eigenvalue weighted by molar-refractivity contribution is 0.634. The highest BCUT2D eigenvalue weighted by Crippen LogP contribution is 2.33. The maximum Gasteiger partial charge on any atom is 0.197 e. The molecule has 4 rings (SSSR count). The van der Waals surface area contributed by atoms with Gasteiger partial charge in [0.15, 0.2) is 11.1 Å². The first kappa shape index (κ1) is 17.2. The number of thiazole rings is 2. The molecule has 1 aliphatic rings. The maximum atomic E-state index is 4.82. The van der Waals surface area contributed by atoms with Gasteiger partial charge in [0.2, 0.25) is 0 Å². The summed E-state index contributed by atoms with van der Waals surface area (Å²) in [6, 6.07) is 0. The number of aromatic nitrogens is 4. The Labute approximate surface area is 160 Å². The molecule has 3 aromatic rings. The second kappa shape index (κ2) is 7.16. The van der Waals surface area contributed by atoms with Gasteiger partial charge in [-0.05, 0) is 27.2 Å². The molecule has 7 nitrogen and oxygen atoms in total. The monoisotopic (exact) mass is 387 g/mol. The Morgan fingerprint density at radius 3 is 2.73 bits per heavy atom. The smallest absolute Gasteiger partial charge is 0.197 e. The predicted molar refractivity (Wildman–Crippen MR) is 108 cm³/mol. The van der Waals surface area contributed by atoms with Crippen LogP contribution in [-0.4, -0.2) is 38.8 Å². The van der Waals surface area contributed by atoms with Gasteiger partial charge in [-0.1, -0.05) is 0 Å². The van der Waals surface area contributed by atoms with Crippen molar-refractivity contribution < 1.29 is 0 Å². The van der Waals surface area contributed by atoms with E-state index in [2.05, 4.69) is 44.9 Å². The van der Waals surface area contributed by atoms with Gasteiger partial charge in [-0.25, -0.2) is 9.97 Å². The highest BCUT2D eigenvalue weighted by atomic mass is 32.1. The molecule has 2 N–H and O–H groups in total. The summed E-state index contributed by atoms with van der Waals surface area (Å²) in [6.45, 7) is 8.91. The van der Waals surface area contributed by atoms with Gasteiger partial charge in [0, 0.05) is 36.1 Å². The van der Waals surface area contributed by atoms with Crippen LogP contribution in [0.1, 0.15) is 24.7 Å². The molecular weight excluding hydrogens is 366 g/mol. The summed E-state index contributed by atoms with van der Waals surface area (Å²) in [5.41, 5.74) is 5.10. The summed E-state index contributed by atoms with van der Waals surface area (Å²) in [7, 11) is 0. The molecule has 4 heterocycles. The zero-order valence-corrected chi connectivity index (χ0v) is 16.7. The number of nitrogens with zero attached hydrogens (tertiary/aromatic N) is 5. The first-order chi connectivity index (χ1) is 12.7. The second-order valence-electron chi connectivity index (χ2n) is 6.07. The quantitative estimate of drug-likeness (QED) is 0.716. The molecule has 0 radical (unpaired) electrons. The summed E-state index contributed by atoms with van der Waals surface area (Å²) in [5, 5.41) is 17.0. The van der Waals surface area contributed by atoms with Gasteiger partial charge in [0.1, 0.15) is 16.4 Å². The summed E-state index contributed by atoms with van der Waals surface area (Å²) >= 11 is 3.20. The van der Waals surface area contributed by atoms with E-state index in [-0.39, 0.29) is 0 Å². The van der Waals surface area contributed by atoms with Crippen molar-refractivity contribution in [1.82, 2.24) is 25.1 Å². The van der Waals surface area contributed by atoms with Crippen molar-refractivity contribution >= 4 is 33.8 Å². The zero-order chi connectivity index (χ0) is 18.1. The third-order valence-corrected chi connectivity index (χ3v) is 5.91. The van der Waals surface area contributed by atoms with E-state index in [4.69, 9.17) is 4.98 Å². The molecular formula is C17H21N7S2. The Bertz CT molecular complexity index is 950. The number of guanidine groups is 1. The molecule has 0 bridgehead atoms. The van der Waals surface area contributed by atoms with E-state index in [1.54, 1.807) is 22.7 Å². The minimum absolute atomic E-state index is 0.800. The Balaban J connectivity index is 1.57. The Hall–Kier alpha value is -2.26. The lowest BCUT2D eigenvalue weighted by atomic mass is 10.2. The van der Waals surface area contributed by atoms with Crippen molar-refractivity contribution in [2.24, 2.45) is 4.99 Å². The van der Waals surface area contributed by atoms with Crippen molar-refractivity contribution in [2.75, 3.05) is 18.4 Å². The van der Waals surface area contributed by atoms with Gasteiger partial charge in [0.25, 0.3) is 0 Å². The fraction of sp³-hybridized carbons (Fsp3) is 0.412. The van der Waals surface area contributed by atoms with E-state index >= 15 is 0 Å². The average Bonchev–Trinajstić information content (AvgIpc) is 3.35. The van der Waals surface area contributed by atoms with Gasteiger partial charge in [-0.2, -0.15) is 5.10 Å². The fourth-order valence-corrected chi connectivity index (χ4v) is 4.65. The van der Waals surface area contributed by atoms with Crippen LogP contribution in [0.5, 0.6) is 0 Å². The van der Waals surface area contributed by atoms with Crippen molar-refractivity contribution in [3.05, 3.63) is 22.1 Å². The fourth-order valence-electron chi connectivity index (χ4n) is 2.99. The molecule has 0 unspecified atom stereocenters. The number of aliphatic imine (C=N–C) groups is 1. The lowest BCUT2D eigenvalue weighted by Crippen LogP contribution is -2.35. The van der Waals surface area contributed by atoms with Crippen LogP contribution in [0, 0.1) is 13.8 Å². The molecule has 0 saturated heterocycles. The van der Waals surface area contributed by atoms with E-state index < -0.39 is 0 Å². The molecule has 0 amide bonds. The molecule has 26 heavy (non-hydrogen) atoms. The van der Waals surface area contributed by atoms with Crippen molar-refractivity contribution in [3.63, 3.8) is 0 Å². The van der Waals surface area contributed by atoms with E-state index in [1.165, 1.54) is 0 Å². The first-order valence-corrected chi connectivity index (χ1v) is 10.4. The van der Waals surface area contributed by atoms with E-state index in [0.717, 1.165) is 70.5 Å². The number of aryl methyl sites for hydroxylation is 2. The molecule has 0 aromatic carbocycles. The highest BCUT2D eigenvalue weighted by Gasteiger charge is 2.17. The molecule has 3 aromatic heterocycles. The summed E-state index contributed by atoms with van der Waals surface area (Å²) < 4.78 is 2.02. The van der Waals surface area contributed by atoms with Crippen molar-refractivity contribution in [1.29, 1.82) is 0 Å². The van der Waals surface area contributed by atoms with Crippen LogP contribution in [0.3, 0.4) is 0 Å². The SMILES string of the molecule is CCn1nc(C)c(-c2nc(-c3csc(NC4=NCCCN4)n3)cs2)c1C. The van der Waals surface area contributed by atoms with Gasteiger partial charge in [-0.3, -0.25) is 9.67 Å². The minimum Gasteiger partial charge on any atom is -0.356 e. The van der Waals surface area contributed by atoms with Gasteiger partial charge >= 0.3 is 0 Å². The van der Waals surface area contributed by atoms with Gasteiger partial charge in [-0.15, -0.1) is 22.7 Å². The maximum absolute atomic E-state index is 4.82. The summed E-state index contributed by atoms with van der Waals surface area (Å²) in [4.78, 5) is 13.9. The summed E-state index contributed by atoms with van der Waals surface area (Å²) in [5.74, 6) is 0.800. The molecule has 136 valence electrons. The Morgan fingerprint density at radius 2 is 2.00 bits per heavy atom. The van der Waals surface area contributed by atoms with Crippen molar-refractivity contribution in [2.45, 2.75) is 33.7 Å². The highest BCUT2D eigenvalue weighted by molar-refractivity contribution is 7.14. The van der Waals surface area contributed by atoms with Crippen LogP contribution in [0.2, 0.25) is 0 Å². The number of anilines is 1. The van der Waals surface area contributed by atoms with Crippen LogP contribution in [-0.2, 0) is 6.54 Å². The van der Waals surface area contributed by atoms with Crippen LogP contribution in [0.25, 0.3) is 22.0 Å². The van der Waals surface area contributed by atoms with E-state index in [0.29, 0.717) is 0 Å². The molecule has 1 aliphatic heterocycles. The third kappa shape index (κ3) is 3.24. The van der Waals surface area contributed by atoms with E-state index in [1.807, 2.05) is 17.0 Å².